The summed E-state index contributed by atoms with van der Waals surface area (Å²) in [5.74, 6) is 0.705. The van der Waals surface area contributed by atoms with E-state index in [1.165, 1.54) is 12.1 Å². The first-order valence-electron chi connectivity index (χ1n) is 8.04. The molecule has 0 aliphatic heterocycles. The SMILES string of the molecule is CNc1nc(-c2cccnc2)nc2c(O)cc(-c3cccc(F)c3)cc12. The molecular formula is C20H15FN4O. The van der Waals surface area contributed by atoms with Gasteiger partial charge in [0.2, 0.25) is 0 Å². The van der Waals surface area contributed by atoms with Crippen molar-refractivity contribution in [2.24, 2.45) is 0 Å². The van der Waals surface area contributed by atoms with Gasteiger partial charge in [0.25, 0.3) is 0 Å². The number of nitrogens with one attached hydrogen (secondary N) is 1. The third-order valence-corrected chi connectivity index (χ3v) is 4.09. The maximum Gasteiger partial charge on any atom is 0.163 e. The standard InChI is InChI=1S/C20H15FN4O/c1-22-20-16-9-14(12-4-2-6-15(21)8-12)10-17(26)18(16)24-19(25-20)13-5-3-7-23-11-13/h2-11,26H,1H3,(H,22,24,25). The molecule has 0 bridgehead atoms. The van der Waals surface area contributed by atoms with Crippen molar-refractivity contribution in [2.45, 2.75) is 0 Å². The van der Waals surface area contributed by atoms with Gasteiger partial charge in [-0.1, -0.05) is 12.1 Å². The summed E-state index contributed by atoms with van der Waals surface area (Å²) < 4.78 is 13.5. The number of aromatic hydroxyl groups is 1. The Morgan fingerprint density at radius 1 is 0.962 bits per heavy atom. The Morgan fingerprint density at radius 3 is 2.54 bits per heavy atom. The maximum atomic E-state index is 13.5. The topological polar surface area (TPSA) is 70.9 Å². The third kappa shape index (κ3) is 2.82. The van der Waals surface area contributed by atoms with Gasteiger partial charge in [-0.3, -0.25) is 4.98 Å². The number of benzene rings is 2. The van der Waals surface area contributed by atoms with E-state index in [2.05, 4.69) is 20.3 Å². The Hall–Kier alpha value is -3.54. The van der Waals surface area contributed by atoms with E-state index in [0.29, 0.717) is 33.7 Å². The highest BCUT2D eigenvalue weighted by atomic mass is 19.1. The first-order chi connectivity index (χ1) is 12.7. The molecule has 4 rings (SSSR count). The quantitative estimate of drug-likeness (QED) is 0.580. The number of nitrogens with zero attached hydrogens (tertiary/aromatic N) is 3. The third-order valence-electron chi connectivity index (χ3n) is 4.09. The van der Waals surface area contributed by atoms with E-state index in [0.717, 1.165) is 5.56 Å². The van der Waals surface area contributed by atoms with Gasteiger partial charge < -0.3 is 10.4 Å². The van der Waals surface area contributed by atoms with Crippen LogP contribution in [0.3, 0.4) is 0 Å². The van der Waals surface area contributed by atoms with E-state index in [-0.39, 0.29) is 11.6 Å². The van der Waals surface area contributed by atoms with Crippen LogP contribution in [0.15, 0.2) is 60.9 Å². The lowest BCUT2D eigenvalue weighted by Gasteiger charge is -2.11. The van der Waals surface area contributed by atoms with E-state index in [1.54, 1.807) is 43.7 Å². The number of aromatic nitrogens is 3. The Bertz CT molecular complexity index is 1100. The fourth-order valence-corrected chi connectivity index (χ4v) is 2.86. The van der Waals surface area contributed by atoms with Crippen molar-refractivity contribution >= 4 is 16.7 Å². The largest absolute Gasteiger partial charge is 0.506 e. The van der Waals surface area contributed by atoms with Crippen molar-refractivity contribution in [1.82, 2.24) is 15.0 Å². The average molecular weight is 346 g/mol. The van der Waals surface area contributed by atoms with Crippen LogP contribution in [-0.2, 0) is 0 Å². The van der Waals surface area contributed by atoms with Gasteiger partial charge in [0.05, 0.1) is 0 Å². The monoisotopic (exact) mass is 346 g/mol. The highest BCUT2D eigenvalue weighted by Gasteiger charge is 2.14. The van der Waals surface area contributed by atoms with Crippen LogP contribution < -0.4 is 5.32 Å². The molecule has 0 unspecified atom stereocenters. The first-order valence-corrected chi connectivity index (χ1v) is 8.04. The van der Waals surface area contributed by atoms with Crippen LogP contribution in [-0.4, -0.2) is 27.1 Å². The summed E-state index contributed by atoms with van der Waals surface area (Å²) in [4.78, 5) is 13.1. The van der Waals surface area contributed by atoms with Crippen molar-refractivity contribution in [3.63, 3.8) is 0 Å². The Balaban J connectivity index is 1.95. The fourth-order valence-electron chi connectivity index (χ4n) is 2.86. The molecule has 0 spiro atoms. The number of hydrogen-bond acceptors (Lipinski definition) is 5. The van der Waals surface area contributed by atoms with E-state index in [1.807, 2.05) is 12.1 Å². The molecule has 6 heteroatoms. The lowest BCUT2D eigenvalue weighted by Crippen LogP contribution is -1.99. The summed E-state index contributed by atoms with van der Waals surface area (Å²) in [6, 6.07) is 13.3. The number of fused-ring (bicyclic) bond motifs is 1. The minimum absolute atomic E-state index is 0.00537. The maximum absolute atomic E-state index is 13.5. The molecule has 0 atom stereocenters. The molecule has 128 valence electrons. The first kappa shape index (κ1) is 16.0. The lowest BCUT2D eigenvalue weighted by molar-refractivity contribution is 0.480. The number of anilines is 1. The van der Waals surface area contributed by atoms with Crippen LogP contribution in [0.4, 0.5) is 10.2 Å². The minimum Gasteiger partial charge on any atom is -0.506 e. The zero-order chi connectivity index (χ0) is 18.1. The van der Waals surface area contributed by atoms with Crippen molar-refractivity contribution in [3.8, 4) is 28.3 Å². The van der Waals surface area contributed by atoms with Crippen LogP contribution in [0, 0.1) is 5.82 Å². The molecule has 4 aromatic rings. The summed E-state index contributed by atoms with van der Waals surface area (Å²) >= 11 is 0. The van der Waals surface area contributed by atoms with E-state index < -0.39 is 0 Å². The number of rotatable bonds is 3. The molecular weight excluding hydrogens is 331 g/mol. The van der Waals surface area contributed by atoms with Crippen LogP contribution in [0.1, 0.15) is 0 Å². The molecule has 2 heterocycles. The van der Waals surface area contributed by atoms with Crippen LogP contribution in [0.25, 0.3) is 33.4 Å². The number of phenols is 1. The second-order valence-corrected chi connectivity index (χ2v) is 5.79. The summed E-state index contributed by atoms with van der Waals surface area (Å²) in [5, 5.41) is 14.2. The molecule has 5 nitrogen and oxygen atoms in total. The van der Waals surface area contributed by atoms with Gasteiger partial charge in [0.1, 0.15) is 22.9 Å². The van der Waals surface area contributed by atoms with Crippen molar-refractivity contribution < 1.29 is 9.50 Å². The van der Waals surface area contributed by atoms with Gasteiger partial charge in [0, 0.05) is 30.4 Å². The smallest absolute Gasteiger partial charge is 0.163 e. The molecule has 0 fully saturated rings. The normalized spacial score (nSPS) is 10.8. The van der Waals surface area contributed by atoms with Gasteiger partial charge in [-0.25, -0.2) is 14.4 Å². The number of hydrogen-bond donors (Lipinski definition) is 2. The van der Waals surface area contributed by atoms with Gasteiger partial charge in [-0.2, -0.15) is 0 Å². The summed E-state index contributed by atoms with van der Waals surface area (Å²) in [5.41, 5.74) is 2.52. The van der Waals surface area contributed by atoms with Crippen molar-refractivity contribution in [3.05, 3.63) is 66.7 Å². The van der Waals surface area contributed by atoms with Gasteiger partial charge >= 0.3 is 0 Å². The number of phenolic OH excluding ortho intramolecular Hbond substituents is 1. The highest BCUT2D eigenvalue weighted by Crippen LogP contribution is 2.35. The predicted octanol–water partition coefficient (Wildman–Crippen LogP) is 4.25. The van der Waals surface area contributed by atoms with Gasteiger partial charge in [-0.15, -0.1) is 0 Å². The molecule has 0 aliphatic rings. The highest BCUT2D eigenvalue weighted by molar-refractivity contribution is 5.97. The van der Waals surface area contributed by atoms with E-state index in [9.17, 15) is 9.50 Å². The molecule has 0 aliphatic carbocycles. The zero-order valence-electron chi connectivity index (χ0n) is 13.9. The molecule has 0 saturated carbocycles. The molecule has 26 heavy (non-hydrogen) atoms. The molecule has 2 N–H and O–H groups in total. The molecule has 0 saturated heterocycles. The predicted molar refractivity (Wildman–Crippen MR) is 99.4 cm³/mol. The summed E-state index contributed by atoms with van der Waals surface area (Å²) in [6.07, 6.45) is 3.34. The van der Waals surface area contributed by atoms with E-state index in [4.69, 9.17) is 0 Å². The average Bonchev–Trinajstić information content (AvgIpc) is 2.68. The van der Waals surface area contributed by atoms with E-state index >= 15 is 0 Å². The number of pyridine rings is 1. The minimum atomic E-state index is -0.334. The van der Waals surface area contributed by atoms with Crippen molar-refractivity contribution in [2.75, 3.05) is 12.4 Å². The van der Waals surface area contributed by atoms with Gasteiger partial charge in [-0.05, 0) is 47.5 Å². The summed E-state index contributed by atoms with van der Waals surface area (Å²) in [7, 11) is 1.75. The number of halogens is 1. The Kier molecular flexibility index (Phi) is 3.93. The van der Waals surface area contributed by atoms with Gasteiger partial charge in [0.15, 0.2) is 5.82 Å². The zero-order valence-corrected chi connectivity index (χ0v) is 13.9. The van der Waals surface area contributed by atoms with Crippen LogP contribution >= 0.6 is 0 Å². The molecule has 0 radical (unpaired) electrons. The second kappa shape index (κ2) is 6.40. The summed E-state index contributed by atoms with van der Waals surface area (Å²) in [6.45, 7) is 0. The fraction of sp³-hybridized carbons (Fsp3) is 0.0500. The van der Waals surface area contributed by atoms with Crippen LogP contribution in [0.2, 0.25) is 0 Å². The van der Waals surface area contributed by atoms with Crippen molar-refractivity contribution in [1.29, 1.82) is 0 Å². The Morgan fingerprint density at radius 2 is 1.81 bits per heavy atom. The van der Waals surface area contributed by atoms with Crippen LogP contribution in [0.5, 0.6) is 5.75 Å². The molecule has 2 aromatic carbocycles. The molecule has 2 aromatic heterocycles. The Labute approximate surface area is 149 Å². The molecule has 0 amide bonds. The second-order valence-electron chi connectivity index (χ2n) is 5.79. The lowest BCUT2D eigenvalue weighted by atomic mass is 10.0.